The Labute approximate surface area is 577 Å². The Balaban J connectivity index is -0.000000353. The van der Waals surface area contributed by atoms with Gasteiger partial charge in [0.15, 0.2) is 49.9 Å². The highest BCUT2D eigenvalue weighted by molar-refractivity contribution is 7.69. The van der Waals surface area contributed by atoms with Crippen LogP contribution in [0.5, 0.6) is 0 Å². The predicted molar refractivity (Wildman–Crippen MR) is 421 cm³/mol. The lowest BCUT2D eigenvalue weighted by atomic mass is 10.4. The highest BCUT2D eigenvalue weighted by Gasteiger charge is 2.58. The first kappa shape index (κ1) is 98.9. The molecule has 92 heavy (non-hydrogen) atoms. The molecule has 0 bridgehead atoms. The van der Waals surface area contributed by atoms with Crippen molar-refractivity contribution in [3.8, 4) is 0 Å². The number of rotatable bonds is 40. The molecule has 0 aromatic rings. The van der Waals surface area contributed by atoms with Crippen molar-refractivity contribution in [1.29, 1.82) is 0 Å². The van der Waals surface area contributed by atoms with Crippen molar-refractivity contribution in [2.75, 3.05) is 33.0 Å². The Hall–Kier alpha value is -1.76. The molecule has 0 spiro atoms. The summed E-state index contributed by atoms with van der Waals surface area (Å²) in [6.07, 6.45) is 3.49. The maximum Gasteiger partial charge on any atom is 0.333 e. The van der Waals surface area contributed by atoms with Crippen molar-refractivity contribution in [2.24, 2.45) is 0 Å². The molecule has 0 aromatic heterocycles. The molecular formula is C66H144O15Si11. The van der Waals surface area contributed by atoms with Gasteiger partial charge in [-0.3, -0.25) is 0 Å². The molecule has 0 atom stereocenters. The molecule has 542 valence electrons. The summed E-state index contributed by atoms with van der Waals surface area (Å²) in [6.45, 7) is 89.4. The van der Waals surface area contributed by atoms with Crippen LogP contribution in [0.2, 0.25) is 191 Å². The maximum absolute atomic E-state index is 11.7. The lowest BCUT2D eigenvalue weighted by Gasteiger charge is -2.56. The summed E-state index contributed by atoms with van der Waals surface area (Å²) in [5.74, 6) is -1.48. The Bertz CT molecular complexity index is 2110. The number of hydrogen-bond acceptors (Lipinski definition) is 15. The van der Waals surface area contributed by atoms with E-state index in [9.17, 15) is 24.0 Å². The van der Waals surface area contributed by atoms with Crippen molar-refractivity contribution < 1.29 is 68.2 Å². The fourth-order valence-corrected chi connectivity index (χ4v) is 96.9. The predicted octanol–water partition coefficient (Wildman–Crippen LogP) is 20.0. The van der Waals surface area contributed by atoms with E-state index in [0.29, 0.717) is 60.9 Å². The summed E-state index contributed by atoms with van der Waals surface area (Å²) in [5.41, 5.74) is 2.30. The van der Waals surface area contributed by atoms with Gasteiger partial charge in [-0.1, -0.05) is 123 Å². The second-order valence-electron chi connectivity index (χ2n) is 30.7. The summed E-state index contributed by atoms with van der Waals surface area (Å²) in [4.78, 5) is 56.0. The summed E-state index contributed by atoms with van der Waals surface area (Å²) >= 11 is 0. The Kier molecular flexibility index (Phi) is 49.2. The van der Waals surface area contributed by atoms with Gasteiger partial charge in [0, 0.05) is 50.2 Å². The monoisotopic (exact) mass is 1480 g/mol. The van der Waals surface area contributed by atoms with E-state index in [4.69, 9.17) is 39.5 Å². The number of esters is 5. The van der Waals surface area contributed by atoms with Gasteiger partial charge in [0.05, 0.1) is 33.0 Å². The first-order valence-corrected chi connectivity index (χ1v) is 69.2. The first-order chi connectivity index (χ1) is 41.4. The normalized spacial score (nSPS) is 12.5. The van der Waals surface area contributed by atoms with Crippen LogP contribution in [0.3, 0.4) is 0 Å². The van der Waals surface area contributed by atoms with Gasteiger partial charge >= 0.3 is 47.0 Å². The van der Waals surface area contributed by atoms with Crippen LogP contribution in [0.25, 0.3) is 0 Å². The molecule has 0 amide bonds. The van der Waals surface area contributed by atoms with E-state index in [0.717, 1.165) is 43.8 Å². The summed E-state index contributed by atoms with van der Waals surface area (Å²) in [7, 11) is -17.9. The third-order valence-corrected chi connectivity index (χ3v) is 86.4. The molecule has 0 saturated carbocycles. The lowest BCUT2D eigenvalue weighted by molar-refractivity contribution is -0.139. The van der Waals surface area contributed by atoms with Crippen LogP contribution in [0, 0.1) is 0 Å². The molecule has 0 aliphatic heterocycles. The summed E-state index contributed by atoms with van der Waals surface area (Å²) in [6, 6.07) is 12.8. The third-order valence-electron chi connectivity index (χ3n) is 15.3. The summed E-state index contributed by atoms with van der Waals surface area (Å²) < 4.78 is 57.1. The standard InChI is InChI=1S/C20H44O2Si3.2C14H32O4Si3.C12H26O3Si2.C6H10O2/c1-10-24(11-2,12-3)23(9,25(13-4,14-5)15-6)18-16-17-22-20(21)19(7)8;2*1-13(2)14(15)16-11-10-12-21(9,17-19(3,4)5)18-20(6,7)8;1-11(2)12(13)14-9-8-10-17(6,7)15-16(3,4)5;1-4-8-6(7)5(2)3/h7,10-18H2,1-6,8-9H3;2*1,10-12H2,2-9H3;1,8-10H2,2-7H3;2,4H2,1,3H3. The topological polar surface area (TPSA) is 178 Å². The van der Waals surface area contributed by atoms with Crippen molar-refractivity contribution >= 4 is 119 Å². The molecule has 15 nitrogen and oxygen atoms in total. The van der Waals surface area contributed by atoms with Gasteiger partial charge in [0.25, 0.3) is 0 Å². The van der Waals surface area contributed by atoms with Crippen molar-refractivity contribution in [2.45, 2.75) is 300 Å². The van der Waals surface area contributed by atoms with Crippen LogP contribution in [0.4, 0.5) is 0 Å². The fourth-order valence-electron chi connectivity index (χ4n) is 11.8. The number of ether oxygens (including phenoxy) is 5. The van der Waals surface area contributed by atoms with Gasteiger partial charge in [-0.15, -0.1) is 0 Å². The van der Waals surface area contributed by atoms with E-state index in [-0.39, 0.29) is 29.8 Å². The van der Waals surface area contributed by atoms with Crippen LogP contribution in [-0.2, 0) is 68.2 Å². The van der Waals surface area contributed by atoms with Crippen molar-refractivity contribution in [3.05, 3.63) is 60.8 Å². The minimum absolute atomic E-state index is 0.224. The SMILES string of the molecule is C=C(C)C(=O)OCC.C=C(C)C(=O)OCCC[Si](C)(C)O[Si](C)(C)C.C=C(C)C(=O)OCCC[Si](C)(O[Si](C)(C)C)O[Si](C)(C)C.C=C(C)C(=O)OCCC[Si](C)(O[Si](C)(C)C)O[Si](C)(C)C.C=C(C)C(=O)OCCC[Si](C)([Si](CC)(CC)CC)[Si](CC)(CC)CC. The molecule has 0 rings (SSSR count). The Morgan fingerprint density at radius 3 is 0.652 bits per heavy atom. The van der Waals surface area contributed by atoms with Gasteiger partial charge in [-0.05, 0) is 210 Å². The van der Waals surface area contributed by atoms with Crippen molar-refractivity contribution in [3.63, 3.8) is 0 Å². The van der Waals surface area contributed by atoms with Gasteiger partial charge < -0.3 is 44.3 Å². The van der Waals surface area contributed by atoms with Crippen LogP contribution in [0.1, 0.15) is 109 Å². The van der Waals surface area contributed by atoms with Crippen LogP contribution in [0.15, 0.2) is 60.8 Å². The average Bonchev–Trinajstić information content (AvgIpc) is 0.749. The van der Waals surface area contributed by atoms with E-state index in [1.54, 1.807) is 41.5 Å². The second kappa shape index (κ2) is 45.7. The Morgan fingerprint density at radius 2 is 0.478 bits per heavy atom. The van der Waals surface area contributed by atoms with Crippen LogP contribution in [-0.4, -0.2) is 152 Å². The van der Waals surface area contributed by atoms with E-state index in [2.05, 4.69) is 210 Å². The molecule has 0 heterocycles. The highest BCUT2D eigenvalue weighted by Crippen LogP contribution is 2.45. The van der Waals surface area contributed by atoms with E-state index in [1.165, 1.54) is 42.3 Å². The minimum atomic E-state index is -2.21. The molecule has 26 heteroatoms. The zero-order chi connectivity index (χ0) is 73.8. The number of carbonyl (C=O) groups excluding carboxylic acids is 5. The number of hydrogen-bond donors (Lipinski definition) is 0. The molecule has 0 aromatic carbocycles. The lowest BCUT2D eigenvalue weighted by Crippen LogP contribution is -2.75. The molecule has 0 fully saturated rings. The minimum Gasteiger partial charge on any atom is -0.463 e. The van der Waals surface area contributed by atoms with Crippen LogP contribution < -0.4 is 0 Å². The van der Waals surface area contributed by atoms with Gasteiger partial charge in [0.1, 0.15) is 0 Å². The van der Waals surface area contributed by atoms with Crippen molar-refractivity contribution in [1.82, 2.24) is 0 Å². The molecule has 0 radical (unpaired) electrons. The zero-order valence-electron chi connectivity index (χ0n) is 65.6. The Morgan fingerprint density at radius 1 is 0.283 bits per heavy atom. The highest BCUT2D eigenvalue weighted by atomic mass is 29.6. The maximum atomic E-state index is 11.7. The van der Waals surface area contributed by atoms with E-state index < -0.39 is 89.3 Å². The third kappa shape index (κ3) is 47.2. The van der Waals surface area contributed by atoms with Gasteiger partial charge in [0.2, 0.25) is 0 Å². The smallest absolute Gasteiger partial charge is 0.333 e. The number of carbonyl (C=O) groups is 5. The van der Waals surface area contributed by atoms with E-state index in [1.807, 2.05) is 0 Å². The zero-order valence-corrected chi connectivity index (χ0v) is 76.6. The average molecular weight is 1490 g/mol. The first-order valence-electron chi connectivity index (χ1n) is 34.0. The summed E-state index contributed by atoms with van der Waals surface area (Å²) in [5, 5.41) is 0. The molecule has 0 saturated heterocycles. The van der Waals surface area contributed by atoms with E-state index >= 15 is 0 Å². The molecule has 0 N–H and O–H groups in total. The molecule has 0 aliphatic rings. The quantitative estimate of drug-likeness (QED) is 0.0186. The second-order valence-corrected chi connectivity index (χ2v) is 92.5. The molecule has 0 unspecified atom stereocenters. The fraction of sp³-hybridized carbons (Fsp3) is 0.773. The molecule has 0 aliphatic carbocycles. The van der Waals surface area contributed by atoms with Gasteiger partial charge in [-0.25, -0.2) is 24.0 Å². The largest absolute Gasteiger partial charge is 0.463 e. The molecular weight excluding hydrogens is 1340 g/mol. The van der Waals surface area contributed by atoms with Gasteiger partial charge in [-0.2, -0.15) is 0 Å². The van der Waals surface area contributed by atoms with Crippen LogP contribution >= 0.6 is 0 Å².